The van der Waals surface area contributed by atoms with Crippen LogP contribution in [0.15, 0.2) is 64.8 Å². The fraction of sp³-hybridized carbons (Fsp3) is 0.217. The maximum atomic E-state index is 12.5. The molecule has 30 heavy (non-hydrogen) atoms. The molecule has 4 aromatic rings. The van der Waals surface area contributed by atoms with Gasteiger partial charge in [-0.25, -0.2) is 4.79 Å². The van der Waals surface area contributed by atoms with E-state index in [9.17, 15) is 9.59 Å². The first kappa shape index (κ1) is 20.1. The topological polar surface area (TPSA) is 89.8 Å². The Morgan fingerprint density at radius 3 is 2.60 bits per heavy atom. The molecule has 2 heterocycles. The maximum absolute atomic E-state index is 12.5. The van der Waals surface area contributed by atoms with Crippen LogP contribution >= 0.6 is 11.3 Å². The summed E-state index contributed by atoms with van der Waals surface area (Å²) in [6, 6.07) is 17.9. The van der Waals surface area contributed by atoms with Gasteiger partial charge in [-0.3, -0.25) is 10.1 Å². The number of carbonyl (C=O) groups excluding carboxylic acids is 1. The van der Waals surface area contributed by atoms with Gasteiger partial charge < -0.3 is 15.3 Å². The minimum atomic E-state index is -0.265. The van der Waals surface area contributed by atoms with Crippen LogP contribution in [-0.2, 0) is 11.2 Å². The van der Waals surface area contributed by atoms with E-state index in [-0.39, 0.29) is 24.2 Å². The zero-order valence-electron chi connectivity index (χ0n) is 16.7. The van der Waals surface area contributed by atoms with E-state index < -0.39 is 0 Å². The summed E-state index contributed by atoms with van der Waals surface area (Å²) in [5, 5.41) is 8.32. The van der Waals surface area contributed by atoms with Crippen molar-refractivity contribution in [2.24, 2.45) is 0 Å². The highest BCUT2D eigenvalue weighted by molar-refractivity contribution is 7.10. The third kappa shape index (κ3) is 4.69. The first-order valence-corrected chi connectivity index (χ1v) is 10.9. The molecule has 0 saturated heterocycles. The second kappa shape index (κ2) is 9.11. The largest absolute Gasteiger partial charge is 0.325 e. The number of H-pyrrole nitrogens is 2. The molecular weight excluding hydrogens is 396 g/mol. The number of aromatic amines is 2. The number of imidazole rings is 1. The van der Waals surface area contributed by atoms with Crippen molar-refractivity contribution >= 4 is 34.0 Å². The van der Waals surface area contributed by atoms with E-state index in [1.807, 2.05) is 11.4 Å². The van der Waals surface area contributed by atoms with Crippen molar-refractivity contribution in [3.63, 3.8) is 0 Å². The molecule has 1 atom stereocenters. The van der Waals surface area contributed by atoms with Gasteiger partial charge in [0.1, 0.15) is 0 Å². The van der Waals surface area contributed by atoms with Crippen LogP contribution in [0.1, 0.15) is 35.4 Å². The molecule has 4 rings (SSSR count). The van der Waals surface area contributed by atoms with Crippen LogP contribution in [0.3, 0.4) is 0 Å². The smallest absolute Gasteiger partial charge is 0.323 e. The van der Waals surface area contributed by atoms with Crippen LogP contribution in [0.2, 0.25) is 0 Å². The predicted octanol–water partition coefficient (Wildman–Crippen LogP) is 4.19. The van der Waals surface area contributed by atoms with Crippen molar-refractivity contribution in [2.75, 3.05) is 11.9 Å². The average Bonchev–Trinajstić information content (AvgIpc) is 3.38. The van der Waals surface area contributed by atoms with Crippen LogP contribution in [-0.4, -0.2) is 22.4 Å². The predicted molar refractivity (Wildman–Crippen MR) is 122 cm³/mol. The molecule has 0 saturated carbocycles. The normalized spacial score (nSPS) is 12.2. The summed E-state index contributed by atoms with van der Waals surface area (Å²) in [6.45, 7) is 2.34. The molecule has 0 bridgehead atoms. The fourth-order valence-corrected chi connectivity index (χ4v) is 4.34. The van der Waals surface area contributed by atoms with Gasteiger partial charge in [0.15, 0.2) is 0 Å². The van der Waals surface area contributed by atoms with Crippen LogP contribution in [0.4, 0.5) is 5.69 Å². The first-order valence-electron chi connectivity index (χ1n) is 10.00. The van der Waals surface area contributed by atoms with Gasteiger partial charge >= 0.3 is 5.69 Å². The van der Waals surface area contributed by atoms with Gasteiger partial charge in [-0.1, -0.05) is 43.7 Å². The van der Waals surface area contributed by atoms with Crippen molar-refractivity contribution < 1.29 is 4.79 Å². The molecule has 2 aromatic heterocycles. The fourth-order valence-electron chi connectivity index (χ4n) is 3.51. The standard InChI is InChI=1S/C23H24N4O2S/c1-2-4-15-6-8-16(9-7-15)22(20-5-3-12-30-20)24-14-21(28)25-17-10-11-18-19(13-17)27-23(29)26-18/h3,5-13,22,24H,2,4,14H2,1H3,(H,25,28)(H2,26,27,29). The second-order valence-electron chi connectivity index (χ2n) is 7.21. The summed E-state index contributed by atoms with van der Waals surface area (Å²) >= 11 is 1.67. The molecule has 0 radical (unpaired) electrons. The lowest BCUT2D eigenvalue weighted by atomic mass is 10.0. The lowest BCUT2D eigenvalue weighted by molar-refractivity contribution is -0.115. The summed E-state index contributed by atoms with van der Waals surface area (Å²) in [5.74, 6) is -0.142. The summed E-state index contributed by atoms with van der Waals surface area (Å²) in [4.78, 5) is 30.5. The summed E-state index contributed by atoms with van der Waals surface area (Å²) in [6.07, 6.45) is 2.19. The summed E-state index contributed by atoms with van der Waals surface area (Å²) < 4.78 is 0. The average molecular weight is 421 g/mol. The molecule has 6 nitrogen and oxygen atoms in total. The monoisotopic (exact) mass is 420 g/mol. The van der Waals surface area contributed by atoms with Gasteiger partial charge in [0.05, 0.1) is 23.6 Å². The number of rotatable bonds is 8. The Hall–Kier alpha value is -3.16. The van der Waals surface area contributed by atoms with E-state index in [1.54, 1.807) is 29.5 Å². The number of aromatic nitrogens is 2. The quantitative estimate of drug-likeness (QED) is 0.345. The molecular formula is C23H24N4O2S. The van der Waals surface area contributed by atoms with Gasteiger partial charge in [0.2, 0.25) is 5.91 Å². The molecule has 2 aromatic carbocycles. The highest BCUT2D eigenvalue weighted by atomic mass is 32.1. The van der Waals surface area contributed by atoms with E-state index >= 15 is 0 Å². The molecule has 0 aliphatic rings. The van der Waals surface area contributed by atoms with Crippen molar-refractivity contribution in [1.29, 1.82) is 0 Å². The second-order valence-corrected chi connectivity index (χ2v) is 8.19. The van der Waals surface area contributed by atoms with Crippen LogP contribution in [0.5, 0.6) is 0 Å². The summed E-state index contributed by atoms with van der Waals surface area (Å²) in [7, 11) is 0. The number of anilines is 1. The molecule has 154 valence electrons. The molecule has 0 aliphatic carbocycles. The van der Waals surface area contributed by atoms with Crippen LogP contribution in [0, 0.1) is 0 Å². The van der Waals surface area contributed by atoms with Gasteiger partial charge in [-0.2, -0.15) is 0 Å². The van der Waals surface area contributed by atoms with E-state index in [0.29, 0.717) is 16.7 Å². The minimum Gasteiger partial charge on any atom is -0.325 e. The van der Waals surface area contributed by atoms with E-state index in [4.69, 9.17) is 0 Å². The number of hydrogen-bond acceptors (Lipinski definition) is 4. The van der Waals surface area contributed by atoms with Crippen molar-refractivity contribution in [3.8, 4) is 0 Å². The number of hydrogen-bond donors (Lipinski definition) is 4. The lowest BCUT2D eigenvalue weighted by Gasteiger charge is -2.18. The van der Waals surface area contributed by atoms with Gasteiger partial charge in [0, 0.05) is 10.6 Å². The Morgan fingerprint density at radius 2 is 1.87 bits per heavy atom. The van der Waals surface area contributed by atoms with Gasteiger partial charge in [-0.05, 0) is 47.2 Å². The number of benzene rings is 2. The Morgan fingerprint density at radius 1 is 1.07 bits per heavy atom. The van der Waals surface area contributed by atoms with Crippen LogP contribution in [0.25, 0.3) is 11.0 Å². The van der Waals surface area contributed by atoms with E-state index in [1.165, 1.54) is 5.56 Å². The Labute approximate surface area is 178 Å². The lowest BCUT2D eigenvalue weighted by Crippen LogP contribution is -2.31. The molecule has 0 spiro atoms. The minimum absolute atomic E-state index is 0.0464. The van der Waals surface area contributed by atoms with E-state index in [2.05, 4.69) is 57.9 Å². The maximum Gasteiger partial charge on any atom is 0.323 e. The number of thiophene rings is 1. The van der Waals surface area contributed by atoms with E-state index in [0.717, 1.165) is 23.3 Å². The number of fused-ring (bicyclic) bond motifs is 1. The zero-order valence-corrected chi connectivity index (χ0v) is 17.5. The summed E-state index contributed by atoms with van der Waals surface area (Å²) in [5.41, 5.74) is 4.20. The highest BCUT2D eigenvalue weighted by Crippen LogP contribution is 2.26. The Balaban J connectivity index is 1.44. The van der Waals surface area contributed by atoms with Crippen molar-refractivity contribution in [1.82, 2.24) is 15.3 Å². The molecule has 4 N–H and O–H groups in total. The third-order valence-electron chi connectivity index (χ3n) is 4.95. The number of nitrogens with one attached hydrogen (secondary N) is 4. The third-order valence-corrected chi connectivity index (χ3v) is 5.88. The molecule has 0 aliphatic heterocycles. The van der Waals surface area contributed by atoms with Gasteiger partial charge in [0.25, 0.3) is 0 Å². The van der Waals surface area contributed by atoms with Gasteiger partial charge in [-0.15, -0.1) is 11.3 Å². The Bertz CT molecular complexity index is 1180. The molecule has 1 unspecified atom stereocenters. The number of aryl methyl sites for hydroxylation is 1. The highest BCUT2D eigenvalue weighted by Gasteiger charge is 2.16. The SMILES string of the molecule is CCCc1ccc(C(NCC(=O)Nc2ccc3[nH]c(=O)[nH]c3c2)c2cccs2)cc1. The zero-order chi connectivity index (χ0) is 20.9. The van der Waals surface area contributed by atoms with Crippen LogP contribution < -0.4 is 16.3 Å². The molecule has 0 fully saturated rings. The number of carbonyl (C=O) groups is 1. The van der Waals surface area contributed by atoms with Crippen molar-refractivity contribution in [3.05, 3.63) is 86.5 Å². The Kier molecular flexibility index (Phi) is 6.11. The first-order chi connectivity index (χ1) is 14.6. The number of amides is 1. The molecule has 1 amide bonds. The van der Waals surface area contributed by atoms with Crippen molar-refractivity contribution in [2.45, 2.75) is 25.8 Å². The molecule has 7 heteroatoms.